The van der Waals surface area contributed by atoms with E-state index in [0.717, 1.165) is 15.8 Å². The van der Waals surface area contributed by atoms with Crippen molar-refractivity contribution in [3.8, 4) is 17.2 Å². The van der Waals surface area contributed by atoms with Crippen molar-refractivity contribution in [3.63, 3.8) is 0 Å². The molecule has 1 atom stereocenters. The van der Waals surface area contributed by atoms with Gasteiger partial charge in [0.15, 0.2) is 18.1 Å². The Morgan fingerprint density at radius 3 is 2.88 bits per heavy atom. The molecule has 0 radical (unpaired) electrons. The lowest BCUT2D eigenvalue weighted by Gasteiger charge is -2.26. The number of ether oxygens (including phenoxy) is 3. The minimum Gasteiger partial charge on any atom is -0.486 e. The SMILES string of the molecule is Cc1cc(OCC(=O)NC[C@H]2COc3ccccc3O2)ccc1Br. The second-order valence-corrected chi connectivity index (χ2v) is 6.36. The highest BCUT2D eigenvalue weighted by molar-refractivity contribution is 9.10. The summed E-state index contributed by atoms with van der Waals surface area (Å²) in [5, 5.41) is 2.80. The lowest BCUT2D eigenvalue weighted by molar-refractivity contribution is -0.123. The molecule has 0 saturated carbocycles. The molecule has 0 fully saturated rings. The summed E-state index contributed by atoms with van der Waals surface area (Å²) in [6, 6.07) is 13.1. The molecule has 0 unspecified atom stereocenters. The van der Waals surface area contributed by atoms with Gasteiger partial charge in [-0.05, 0) is 42.8 Å². The molecule has 1 aliphatic rings. The van der Waals surface area contributed by atoms with Crippen LogP contribution in [0.3, 0.4) is 0 Å². The Kier molecular flexibility index (Phi) is 5.25. The predicted octanol–water partition coefficient (Wildman–Crippen LogP) is 3.09. The number of benzene rings is 2. The Bertz CT molecular complexity index is 735. The molecule has 5 nitrogen and oxygen atoms in total. The van der Waals surface area contributed by atoms with Gasteiger partial charge in [0.1, 0.15) is 18.5 Å². The molecular formula is C18H18BrNO4. The van der Waals surface area contributed by atoms with Gasteiger partial charge in [-0.25, -0.2) is 0 Å². The topological polar surface area (TPSA) is 56.8 Å². The highest BCUT2D eigenvalue weighted by Crippen LogP contribution is 2.30. The van der Waals surface area contributed by atoms with E-state index in [1.807, 2.05) is 49.4 Å². The summed E-state index contributed by atoms with van der Waals surface area (Å²) in [6.45, 7) is 2.71. The van der Waals surface area contributed by atoms with Crippen LogP contribution in [-0.2, 0) is 4.79 Å². The Hall–Kier alpha value is -2.21. The summed E-state index contributed by atoms with van der Waals surface area (Å²) in [4.78, 5) is 11.9. The van der Waals surface area contributed by atoms with Crippen LogP contribution in [0.25, 0.3) is 0 Å². The van der Waals surface area contributed by atoms with E-state index < -0.39 is 0 Å². The van der Waals surface area contributed by atoms with Crippen molar-refractivity contribution >= 4 is 21.8 Å². The minimum atomic E-state index is -0.209. The summed E-state index contributed by atoms with van der Waals surface area (Å²) in [5.74, 6) is 1.90. The number of carbonyl (C=O) groups is 1. The first-order chi connectivity index (χ1) is 11.6. The average molecular weight is 392 g/mol. The van der Waals surface area contributed by atoms with Crippen molar-refractivity contribution < 1.29 is 19.0 Å². The molecule has 0 aromatic heterocycles. The number of hydrogen-bond donors (Lipinski definition) is 1. The first-order valence-corrected chi connectivity index (χ1v) is 8.45. The van der Waals surface area contributed by atoms with Gasteiger partial charge in [0.25, 0.3) is 5.91 Å². The van der Waals surface area contributed by atoms with Gasteiger partial charge >= 0.3 is 0 Å². The normalized spacial score (nSPS) is 15.7. The molecule has 1 aliphatic heterocycles. The zero-order valence-electron chi connectivity index (χ0n) is 13.3. The zero-order valence-corrected chi connectivity index (χ0v) is 14.8. The maximum Gasteiger partial charge on any atom is 0.258 e. The average Bonchev–Trinajstić information content (AvgIpc) is 2.60. The van der Waals surface area contributed by atoms with Crippen molar-refractivity contribution in [1.82, 2.24) is 5.32 Å². The number of fused-ring (bicyclic) bond motifs is 1. The van der Waals surface area contributed by atoms with Crippen molar-refractivity contribution in [1.29, 1.82) is 0 Å². The Labute approximate surface area is 149 Å². The van der Waals surface area contributed by atoms with Gasteiger partial charge in [0.05, 0.1) is 6.54 Å². The van der Waals surface area contributed by atoms with Gasteiger partial charge in [0, 0.05) is 4.47 Å². The van der Waals surface area contributed by atoms with Crippen molar-refractivity contribution in [3.05, 3.63) is 52.5 Å². The van der Waals surface area contributed by atoms with Crippen LogP contribution in [-0.4, -0.2) is 31.8 Å². The fourth-order valence-electron chi connectivity index (χ4n) is 2.30. The van der Waals surface area contributed by atoms with E-state index in [1.165, 1.54) is 0 Å². The predicted molar refractivity (Wildman–Crippen MR) is 93.7 cm³/mol. The molecule has 126 valence electrons. The summed E-state index contributed by atoms with van der Waals surface area (Å²) in [5.41, 5.74) is 1.05. The Balaban J connectivity index is 1.44. The van der Waals surface area contributed by atoms with Crippen LogP contribution >= 0.6 is 15.9 Å². The molecule has 0 spiro atoms. The molecule has 1 amide bonds. The number of aryl methyl sites for hydroxylation is 1. The fourth-order valence-corrected chi connectivity index (χ4v) is 2.54. The van der Waals surface area contributed by atoms with E-state index in [9.17, 15) is 4.79 Å². The monoisotopic (exact) mass is 391 g/mol. The lowest BCUT2D eigenvalue weighted by atomic mass is 10.2. The maximum absolute atomic E-state index is 11.9. The minimum absolute atomic E-state index is 0.0365. The molecule has 6 heteroatoms. The molecule has 24 heavy (non-hydrogen) atoms. The number of rotatable bonds is 5. The van der Waals surface area contributed by atoms with E-state index >= 15 is 0 Å². The second kappa shape index (κ2) is 7.57. The molecule has 1 heterocycles. The zero-order chi connectivity index (χ0) is 16.9. The smallest absolute Gasteiger partial charge is 0.258 e. The third kappa shape index (κ3) is 4.20. The van der Waals surface area contributed by atoms with Crippen LogP contribution in [0.4, 0.5) is 0 Å². The van der Waals surface area contributed by atoms with E-state index in [-0.39, 0.29) is 18.6 Å². The number of nitrogens with one attached hydrogen (secondary N) is 1. The molecule has 3 rings (SSSR count). The highest BCUT2D eigenvalue weighted by Gasteiger charge is 2.21. The van der Waals surface area contributed by atoms with Crippen molar-refractivity contribution in [2.75, 3.05) is 19.8 Å². The van der Waals surface area contributed by atoms with Crippen LogP contribution in [0, 0.1) is 6.92 Å². The van der Waals surface area contributed by atoms with E-state index in [1.54, 1.807) is 0 Å². The third-order valence-electron chi connectivity index (χ3n) is 3.59. The standard InChI is InChI=1S/C18H18BrNO4/c1-12-8-13(6-7-15(12)19)22-11-18(21)20-9-14-10-23-16-4-2-3-5-17(16)24-14/h2-8,14H,9-11H2,1H3,(H,20,21)/t14-/m0/s1. The highest BCUT2D eigenvalue weighted by atomic mass is 79.9. The van der Waals surface area contributed by atoms with Crippen LogP contribution in [0.1, 0.15) is 5.56 Å². The summed E-state index contributed by atoms with van der Waals surface area (Å²) in [6.07, 6.45) is -0.209. The molecule has 0 bridgehead atoms. The molecule has 0 aliphatic carbocycles. The molecule has 2 aromatic rings. The van der Waals surface area contributed by atoms with Gasteiger partial charge in [-0.15, -0.1) is 0 Å². The van der Waals surface area contributed by atoms with Crippen LogP contribution < -0.4 is 19.5 Å². The van der Waals surface area contributed by atoms with Crippen molar-refractivity contribution in [2.24, 2.45) is 0 Å². The molecular weight excluding hydrogens is 374 g/mol. The quantitative estimate of drug-likeness (QED) is 0.850. The summed E-state index contributed by atoms with van der Waals surface area (Å²) in [7, 11) is 0. The number of amides is 1. The maximum atomic E-state index is 11.9. The fraction of sp³-hybridized carbons (Fsp3) is 0.278. The van der Waals surface area contributed by atoms with Gasteiger partial charge in [-0.2, -0.15) is 0 Å². The molecule has 1 N–H and O–H groups in total. The van der Waals surface area contributed by atoms with E-state index in [2.05, 4.69) is 21.2 Å². The Morgan fingerprint density at radius 1 is 1.29 bits per heavy atom. The molecule has 2 aromatic carbocycles. The first-order valence-electron chi connectivity index (χ1n) is 7.66. The van der Waals surface area contributed by atoms with Gasteiger partial charge in [-0.1, -0.05) is 28.1 Å². The third-order valence-corrected chi connectivity index (χ3v) is 4.48. The lowest BCUT2D eigenvalue weighted by Crippen LogP contribution is -2.42. The van der Waals surface area contributed by atoms with Gasteiger partial charge < -0.3 is 19.5 Å². The summed E-state index contributed by atoms with van der Waals surface area (Å²) < 4.78 is 17.9. The van der Waals surface area contributed by atoms with Gasteiger partial charge in [0.2, 0.25) is 0 Å². The van der Waals surface area contributed by atoms with Crippen LogP contribution in [0.5, 0.6) is 17.2 Å². The van der Waals surface area contributed by atoms with Crippen LogP contribution in [0.2, 0.25) is 0 Å². The number of halogens is 1. The van der Waals surface area contributed by atoms with Crippen molar-refractivity contribution in [2.45, 2.75) is 13.0 Å². The summed E-state index contributed by atoms with van der Waals surface area (Å²) >= 11 is 3.43. The van der Waals surface area contributed by atoms with Crippen LogP contribution in [0.15, 0.2) is 46.9 Å². The Morgan fingerprint density at radius 2 is 2.08 bits per heavy atom. The first kappa shape index (κ1) is 16.6. The van der Waals surface area contributed by atoms with E-state index in [4.69, 9.17) is 14.2 Å². The van der Waals surface area contributed by atoms with Gasteiger partial charge in [-0.3, -0.25) is 4.79 Å². The molecule has 0 saturated heterocycles. The number of para-hydroxylation sites is 2. The second-order valence-electron chi connectivity index (χ2n) is 5.50. The largest absolute Gasteiger partial charge is 0.486 e. The number of carbonyl (C=O) groups excluding carboxylic acids is 1. The number of hydrogen-bond acceptors (Lipinski definition) is 4. The van der Waals surface area contributed by atoms with E-state index in [0.29, 0.717) is 24.7 Å².